The molecule has 0 radical (unpaired) electrons. The molecule has 0 bridgehead atoms. The van der Waals surface area contributed by atoms with Crippen molar-refractivity contribution in [3.63, 3.8) is 0 Å². The van der Waals surface area contributed by atoms with Gasteiger partial charge in [0.25, 0.3) is 0 Å². The molecule has 0 spiro atoms. The minimum Gasteiger partial charge on any atom is -0.497 e. The summed E-state index contributed by atoms with van der Waals surface area (Å²) in [6, 6.07) is 10.5. The highest BCUT2D eigenvalue weighted by Gasteiger charge is 2.56. The van der Waals surface area contributed by atoms with Crippen LogP contribution >= 0.6 is 27.3 Å². The first-order valence-corrected chi connectivity index (χ1v) is 13.4. The molecule has 3 aliphatic carbocycles. The second-order valence-electron chi connectivity index (χ2n) is 10.2. The lowest BCUT2D eigenvalue weighted by Crippen LogP contribution is -2.47. The van der Waals surface area contributed by atoms with E-state index in [4.69, 9.17) is 4.74 Å². The molecule has 3 aliphatic rings. The molecule has 0 aliphatic heterocycles. The van der Waals surface area contributed by atoms with Gasteiger partial charge in [-0.3, -0.25) is 4.79 Å². The first-order valence-electron chi connectivity index (χ1n) is 11.8. The molecule has 0 saturated heterocycles. The minimum atomic E-state index is -1.47. The largest absolute Gasteiger partial charge is 0.497 e. The summed E-state index contributed by atoms with van der Waals surface area (Å²) in [6.07, 6.45) is 10.8. The van der Waals surface area contributed by atoms with Crippen LogP contribution in [0, 0.1) is 17.3 Å². The van der Waals surface area contributed by atoms with Gasteiger partial charge in [0.05, 0.1) is 10.9 Å². The van der Waals surface area contributed by atoms with Gasteiger partial charge in [-0.25, -0.2) is 0 Å². The van der Waals surface area contributed by atoms with Crippen molar-refractivity contribution in [1.29, 1.82) is 0 Å². The molecule has 3 nitrogen and oxygen atoms in total. The zero-order valence-electron chi connectivity index (χ0n) is 19.4. The highest BCUT2D eigenvalue weighted by Crippen LogP contribution is 2.62. The Labute approximate surface area is 208 Å². The Morgan fingerprint density at radius 3 is 2.85 bits per heavy atom. The van der Waals surface area contributed by atoms with Gasteiger partial charge >= 0.3 is 0 Å². The Bertz CT molecular complexity index is 1140. The van der Waals surface area contributed by atoms with Crippen LogP contribution in [-0.2, 0) is 11.2 Å². The number of carbonyl (C=O) groups is 1. The number of fused-ring (bicyclic) bond motifs is 5. The number of hydrogen-bond acceptors (Lipinski definition) is 4. The summed E-state index contributed by atoms with van der Waals surface area (Å²) in [7, 11) is 1.73. The number of aliphatic hydroxyl groups is 1. The van der Waals surface area contributed by atoms with E-state index in [1.165, 1.54) is 11.1 Å². The summed E-state index contributed by atoms with van der Waals surface area (Å²) in [5.74, 6) is 2.32. The lowest BCUT2D eigenvalue weighted by molar-refractivity contribution is -0.129. The van der Waals surface area contributed by atoms with Crippen molar-refractivity contribution in [1.82, 2.24) is 0 Å². The molecule has 1 saturated carbocycles. The Balaban J connectivity index is 1.38. The Hall–Kier alpha value is -1.69. The maximum Gasteiger partial charge on any atom is 0.191 e. The summed E-state index contributed by atoms with van der Waals surface area (Å²) in [6.45, 7) is 3.98. The van der Waals surface area contributed by atoms with Gasteiger partial charge in [-0.15, -0.1) is 11.3 Å². The van der Waals surface area contributed by atoms with Crippen molar-refractivity contribution in [3.05, 3.63) is 67.8 Å². The molecule has 1 fully saturated rings. The lowest BCUT2D eigenvalue weighted by Gasteiger charge is -2.51. The lowest BCUT2D eigenvalue weighted by atomic mass is 9.53. The number of ketones is 1. The average molecular weight is 528 g/mol. The predicted octanol–water partition coefficient (Wildman–Crippen LogP) is 6.95. The van der Waals surface area contributed by atoms with Gasteiger partial charge in [-0.2, -0.15) is 0 Å². The second kappa shape index (κ2) is 8.51. The van der Waals surface area contributed by atoms with Crippen molar-refractivity contribution in [2.24, 2.45) is 17.3 Å². The maximum atomic E-state index is 13.2. The second-order valence-corrected chi connectivity index (χ2v) is 12.7. The zero-order chi connectivity index (χ0) is 23.4. The summed E-state index contributed by atoms with van der Waals surface area (Å²) in [5, 5.41) is 11.5. The van der Waals surface area contributed by atoms with Gasteiger partial charge in [0, 0.05) is 4.88 Å². The Kier molecular flexibility index (Phi) is 5.95. The standard InChI is InChI=1S/C28H31BrO3S/c1-27-15-14-21-20-9-5-18(32-3)16-17(20)4-8-22(21)23(27)10-11-24(27)28(2,31)25(30)12-6-19-7-13-26(29)33-19/h5-7,9,11-13,16,21-23,31H,4,8,10,14-15H2,1-3H3/b12-6+/t21-,22-,23+,27+,28-/m1/s1. The maximum absolute atomic E-state index is 13.2. The normalized spacial score (nSPS) is 30.2. The molecule has 5 atom stereocenters. The summed E-state index contributed by atoms with van der Waals surface area (Å²) >= 11 is 5.03. The molecular weight excluding hydrogens is 496 g/mol. The number of aryl methyl sites for hydroxylation is 1. The van der Waals surface area contributed by atoms with Crippen LogP contribution in [0.1, 0.15) is 61.5 Å². The zero-order valence-corrected chi connectivity index (χ0v) is 21.8. The van der Waals surface area contributed by atoms with E-state index in [0.717, 1.165) is 52.1 Å². The van der Waals surface area contributed by atoms with Crippen molar-refractivity contribution in [3.8, 4) is 5.75 Å². The van der Waals surface area contributed by atoms with Gasteiger partial charge in [0.1, 0.15) is 11.4 Å². The number of ether oxygens (including phenoxy) is 1. The van der Waals surface area contributed by atoms with Crippen LogP contribution in [0.3, 0.4) is 0 Å². The monoisotopic (exact) mass is 526 g/mol. The number of thiophene rings is 1. The number of allylic oxidation sites excluding steroid dienone is 1. The molecule has 1 heterocycles. The minimum absolute atomic E-state index is 0.135. The molecular formula is C28H31BrO3S. The van der Waals surface area contributed by atoms with Crippen LogP contribution in [0.25, 0.3) is 6.08 Å². The van der Waals surface area contributed by atoms with E-state index < -0.39 is 5.60 Å². The first-order chi connectivity index (χ1) is 15.7. The molecule has 2 aromatic rings. The highest BCUT2D eigenvalue weighted by atomic mass is 79.9. The fraction of sp³-hybridized carbons (Fsp3) is 0.464. The summed E-state index contributed by atoms with van der Waals surface area (Å²) in [4.78, 5) is 14.2. The van der Waals surface area contributed by atoms with Crippen LogP contribution in [0.5, 0.6) is 5.75 Å². The first kappa shape index (κ1) is 23.1. The molecule has 0 amide bonds. The number of rotatable bonds is 5. The average Bonchev–Trinajstić information content (AvgIpc) is 3.39. The summed E-state index contributed by atoms with van der Waals surface area (Å²) in [5.41, 5.74) is 2.24. The van der Waals surface area contributed by atoms with Gasteiger partial charge in [-0.1, -0.05) is 19.1 Å². The van der Waals surface area contributed by atoms with Crippen molar-refractivity contribution in [2.75, 3.05) is 7.11 Å². The molecule has 1 N–H and O–H groups in total. The van der Waals surface area contributed by atoms with E-state index in [1.807, 2.05) is 18.2 Å². The third kappa shape index (κ3) is 3.86. The molecule has 5 rings (SSSR count). The van der Waals surface area contributed by atoms with Crippen molar-refractivity contribution >= 4 is 39.1 Å². The number of carbonyl (C=O) groups excluding carboxylic acids is 1. The SMILES string of the molecule is COc1ccc2c(c1)CC[C@@H]1[C@@H]2CC[C@]2(C)C([C@@](C)(O)C(=O)/C=C/c3ccc(Br)s3)=CC[C@@H]12. The van der Waals surface area contributed by atoms with Crippen LogP contribution < -0.4 is 4.74 Å². The number of hydrogen-bond donors (Lipinski definition) is 1. The molecule has 5 heteroatoms. The quantitative estimate of drug-likeness (QED) is 0.338. The van der Waals surface area contributed by atoms with E-state index in [9.17, 15) is 9.90 Å². The van der Waals surface area contributed by atoms with E-state index >= 15 is 0 Å². The van der Waals surface area contributed by atoms with Gasteiger partial charge in [-0.05, 0) is 131 Å². The molecule has 1 aromatic carbocycles. The molecule has 174 valence electrons. The third-order valence-electron chi connectivity index (χ3n) is 8.51. The van der Waals surface area contributed by atoms with E-state index in [0.29, 0.717) is 17.8 Å². The van der Waals surface area contributed by atoms with Gasteiger partial charge in [0.15, 0.2) is 5.78 Å². The van der Waals surface area contributed by atoms with E-state index in [2.05, 4.69) is 47.1 Å². The van der Waals surface area contributed by atoms with Crippen LogP contribution in [0.2, 0.25) is 0 Å². The number of benzene rings is 1. The topological polar surface area (TPSA) is 46.5 Å². The Morgan fingerprint density at radius 1 is 1.30 bits per heavy atom. The van der Waals surface area contributed by atoms with Crippen LogP contribution in [-0.4, -0.2) is 23.6 Å². The third-order valence-corrected chi connectivity index (χ3v) is 10.1. The molecule has 33 heavy (non-hydrogen) atoms. The molecule has 0 unspecified atom stereocenters. The Morgan fingerprint density at radius 2 is 2.12 bits per heavy atom. The molecule has 1 aromatic heterocycles. The van der Waals surface area contributed by atoms with Crippen LogP contribution in [0.15, 0.2) is 51.8 Å². The summed E-state index contributed by atoms with van der Waals surface area (Å²) < 4.78 is 6.48. The van der Waals surface area contributed by atoms with E-state index in [1.54, 1.807) is 31.4 Å². The fourth-order valence-corrected chi connectivity index (χ4v) is 8.20. The smallest absolute Gasteiger partial charge is 0.191 e. The van der Waals surface area contributed by atoms with Crippen LogP contribution in [0.4, 0.5) is 0 Å². The van der Waals surface area contributed by atoms with Gasteiger partial charge in [0.2, 0.25) is 0 Å². The van der Waals surface area contributed by atoms with Gasteiger partial charge < -0.3 is 9.84 Å². The number of halogens is 1. The van der Waals surface area contributed by atoms with Crippen molar-refractivity contribution < 1.29 is 14.6 Å². The fourth-order valence-electron chi connectivity index (χ4n) is 6.88. The van der Waals surface area contributed by atoms with Crippen molar-refractivity contribution in [2.45, 2.75) is 57.5 Å². The van der Waals surface area contributed by atoms with E-state index in [-0.39, 0.29) is 11.2 Å². The predicted molar refractivity (Wildman–Crippen MR) is 138 cm³/mol. The highest BCUT2D eigenvalue weighted by molar-refractivity contribution is 9.11. The number of methoxy groups -OCH3 is 1.